The molecule has 0 unspecified atom stereocenters. The van der Waals surface area contributed by atoms with E-state index in [4.69, 9.17) is 4.18 Å². The molecule has 0 N–H and O–H groups in total. The highest BCUT2D eigenvalue weighted by atomic mass is 32.2. The summed E-state index contributed by atoms with van der Waals surface area (Å²) < 4.78 is 26.5. The van der Waals surface area contributed by atoms with Gasteiger partial charge in [-0.3, -0.25) is 4.18 Å². The number of rotatable bonds is 3. The summed E-state index contributed by atoms with van der Waals surface area (Å²) in [5, 5.41) is 0. The van der Waals surface area contributed by atoms with E-state index in [1.807, 2.05) is 32.9 Å². The Labute approximate surface area is 91.2 Å². The normalized spacial score (nSPS) is 11.7. The third kappa shape index (κ3) is 3.64. The summed E-state index contributed by atoms with van der Waals surface area (Å²) in [6.45, 7) is 6.06. The van der Waals surface area contributed by atoms with Gasteiger partial charge in [-0.1, -0.05) is 17.7 Å². The van der Waals surface area contributed by atoms with Crippen molar-refractivity contribution in [3.05, 3.63) is 34.4 Å². The fraction of sp³-hybridized carbons (Fsp3) is 0.455. The van der Waals surface area contributed by atoms with Crippen LogP contribution >= 0.6 is 0 Å². The van der Waals surface area contributed by atoms with Crippen LogP contribution in [-0.2, 0) is 20.9 Å². The Balaban J connectivity index is 2.96. The second-order valence-electron chi connectivity index (χ2n) is 3.84. The minimum absolute atomic E-state index is 0.122. The predicted octanol–water partition coefficient (Wildman–Crippen LogP) is 2.09. The molecule has 84 valence electrons. The summed E-state index contributed by atoms with van der Waals surface area (Å²) >= 11 is 0. The quantitative estimate of drug-likeness (QED) is 0.744. The predicted molar refractivity (Wildman–Crippen MR) is 60.3 cm³/mol. The maximum absolute atomic E-state index is 10.9. The van der Waals surface area contributed by atoms with E-state index < -0.39 is 10.1 Å². The summed E-state index contributed by atoms with van der Waals surface area (Å²) in [7, 11) is -3.37. The molecule has 0 radical (unpaired) electrons. The van der Waals surface area contributed by atoms with Crippen LogP contribution in [0.3, 0.4) is 0 Å². The molecule has 0 fully saturated rings. The minimum atomic E-state index is -3.37. The Bertz CT molecular complexity index is 438. The van der Waals surface area contributed by atoms with Gasteiger partial charge in [-0.25, -0.2) is 0 Å². The number of hydrogen-bond donors (Lipinski definition) is 0. The molecule has 0 heterocycles. The first kappa shape index (κ1) is 12.2. The van der Waals surface area contributed by atoms with Gasteiger partial charge in [0.25, 0.3) is 10.1 Å². The topological polar surface area (TPSA) is 43.4 Å². The van der Waals surface area contributed by atoms with Crippen molar-refractivity contribution in [2.75, 3.05) is 6.26 Å². The van der Waals surface area contributed by atoms with Gasteiger partial charge in [0.15, 0.2) is 0 Å². The molecular weight excluding hydrogens is 212 g/mol. The zero-order valence-electron chi connectivity index (χ0n) is 9.49. The number of aryl methyl sites for hydroxylation is 3. The molecule has 1 rings (SSSR count). The van der Waals surface area contributed by atoms with E-state index in [1.54, 1.807) is 0 Å². The SMILES string of the molecule is Cc1cc(C)c(COS(C)(=O)=O)c(C)c1. The fourth-order valence-electron chi connectivity index (χ4n) is 1.60. The zero-order valence-corrected chi connectivity index (χ0v) is 10.3. The lowest BCUT2D eigenvalue weighted by Crippen LogP contribution is -2.05. The lowest BCUT2D eigenvalue weighted by atomic mass is 10.0. The van der Waals surface area contributed by atoms with Crippen LogP contribution in [0, 0.1) is 20.8 Å². The van der Waals surface area contributed by atoms with Crippen molar-refractivity contribution in [1.82, 2.24) is 0 Å². The van der Waals surface area contributed by atoms with Crippen LogP contribution in [0.1, 0.15) is 22.3 Å². The van der Waals surface area contributed by atoms with Crippen LogP contribution in [-0.4, -0.2) is 14.7 Å². The first-order chi connectivity index (χ1) is 6.79. The molecule has 0 aromatic heterocycles. The van der Waals surface area contributed by atoms with Crippen molar-refractivity contribution in [2.24, 2.45) is 0 Å². The molecule has 1 aromatic carbocycles. The summed E-state index contributed by atoms with van der Waals surface area (Å²) in [6, 6.07) is 4.04. The van der Waals surface area contributed by atoms with Crippen LogP contribution in [0.15, 0.2) is 12.1 Å². The Morgan fingerprint density at radius 2 is 1.60 bits per heavy atom. The van der Waals surface area contributed by atoms with E-state index in [1.165, 1.54) is 5.56 Å². The average Bonchev–Trinajstić information content (AvgIpc) is 1.99. The van der Waals surface area contributed by atoms with E-state index in [0.29, 0.717) is 0 Å². The summed E-state index contributed by atoms with van der Waals surface area (Å²) in [5.41, 5.74) is 4.26. The molecule has 0 saturated heterocycles. The van der Waals surface area contributed by atoms with Crippen LogP contribution in [0.4, 0.5) is 0 Å². The molecule has 0 saturated carbocycles. The standard InChI is InChI=1S/C11H16O3S/c1-8-5-9(2)11(10(3)6-8)7-14-15(4,12)13/h5-6H,7H2,1-4H3. The van der Waals surface area contributed by atoms with Crippen molar-refractivity contribution in [2.45, 2.75) is 27.4 Å². The zero-order chi connectivity index (χ0) is 11.6. The molecule has 0 aliphatic heterocycles. The van der Waals surface area contributed by atoms with Gasteiger partial charge in [-0.05, 0) is 37.5 Å². The fourth-order valence-corrected chi connectivity index (χ4v) is 1.94. The smallest absolute Gasteiger partial charge is 0.264 e. The molecule has 0 aliphatic carbocycles. The van der Waals surface area contributed by atoms with Crippen LogP contribution < -0.4 is 0 Å². The molecule has 0 bridgehead atoms. The maximum atomic E-state index is 10.9. The molecule has 0 amide bonds. The summed E-state index contributed by atoms with van der Waals surface area (Å²) in [4.78, 5) is 0. The number of hydrogen-bond acceptors (Lipinski definition) is 3. The summed E-state index contributed by atoms with van der Waals surface area (Å²) in [5.74, 6) is 0. The Morgan fingerprint density at radius 1 is 1.13 bits per heavy atom. The van der Waals surface area contributed by atoms with Gasteiger partial charge in [-0.2, -0.15) is 8.42 Å². The van der Waals surface area contributed by atoms with Crippen molar-refractivity contribution in [3.63, 3.8) is 0 Å². The van der Waals surface area contributed by atoms with Gasteiger partial charge in [0, 0.05) is 0 Å². The first-order valence-electron chi connectivity index (χ1n) is 4.71. The minimum Gasteiger partial charge on any atom is -0.265 e. The monoisotopic (exact) mass is 228 g/mol. The van der Waals surface area contributed by atoms with Gasteiger partial charge in [0.1, 0.15) is 0 Å². The van der Waals surface area contributed by atoms with Crippen molar-refractivity contribution in [3.8, 4) is 0 Å². The Hall–Kier alpha value is -0.870. The van der Waals surface area contributed by atoms with Crippen molar-refractivity contribution >= 4 is 10.1 Å². The number of benzene rings is 1. The van der Waals surface area contributed by atoms with Crippen molar-refractivity contribution in [1.29, 1.82) is 0 Å². The van der Waals surface area contributed by atoms with Crippen LogP contribution in [0.2, 0.25) is 0 Å². The van der Waals surface area contributed by atoms with E-state index in [2.05, 4.69) is 0 Å². The van der Waals surface area contributed by atoms with Gasteiger partial charge < -0.3 is 0 Å². The van der Waals surface area contributed by atoms with Gasteiger partial charge in [-0.15, -0.1) is 0 Å². The summed E-state index contributed by atoms with van der Waals surface area (Å²) in [6.07, 6.45) is 1.06. The molecule has 3 nitrogen and oxygen atoms in total. The lowest BCUT2D eigenvalue weighted by molar-refractivity contribution is 0.310. The highest BCUT2D eigenvalue weighted by Crippen LogP contribution is 2.17. The van der Waals surface area contributed by atoms with Gasteiger partial charge in [0.2, 0.25) is 0 Å². The second kappa shape index (κ2) is 4.33. The third-order valence-electron chi connectivity index (χ3n) is 2.26. The largest absolute Gasteiger partial charge is 0.265 e. The first-order valence-corrected chi connectivity index (χ1v) is 6.52. The Morgan fingerprint density at radius 3 is 2.00 bits per heavy atom. The van der Waals surface area contributed by atoms with E-state index in [0.717, 1.165) is 22.9 Å². The lowest BCUT2D eigenvalue weighted by Gasteiger charge is -2.10. The average molecular weight is 228 g/mol. The molecule has 0 spiro atoms. The maximum Gasteiger partial charge on any atom is 0.264 e. The molecule has 1 aromatic rings. The van der Waals surface area contributed by atoms with E-state index >= 15 is 0 Å². The second-order valence-corrected chi connectivity index (χ2v) is 5.49. The molecule has 0 atom stereocenters. The van der Waals surface area contributed by atoms with E-state index in [-0.39, 0.29) is 6.61 Å². The highest BCUT2D eigenvalue weighted by molar-refractivity contribution is 7.85. The van der Waals surface area contributed by atoms with Crippen LogP contribution in [0.5, 0.6) is 0 Å². The molecule has 0 aliphatic rings. The third-order valence-corrected chi connectivity index (χ3v) is 2.80. The van der Waals surface area contributed by atoms with Crippen molar-refractivity contribution < 1.29 is 12.6 Å². The Kier molecular flexibility index (Phi) is 3.52. The van der Waals surface area contributed by atoms with Gasteiger partial charge in [0.05, 0.1) is 12.9 Å². The molecular formula is C11H16O3S. The van der Waals surface area contributed by atoms with Gasteiger partial charge >= 0.3 is 0 Å². The highest BCUT2D eigenvalue weighted by Gasteiger charge is 2.07. The molecule has 4 heteroatoms. The van der Waals surface area contributed by atoms with E-state index in [9.17, 15) is 8.42 Å². The molecule has 15 heavy (non-hydrogen) atoms. The van der Waals surface area contributed by atoms with Crippen LogP contribution in [0.25, 0.3) is 0 Å².